The largest absolute Gasteiger partial charge is 0.497 e. The molecule has 0 amide bonds. The molecule has 0 aliphatic heterocycles. The smallest absolute Gasteiger partial charge is 0.341 e. The average Bonchev–Trinajstić information content (AvgIpc) is 2.46. The van der Waals surface area contributed by atoms with E-state index in [2.05, 4.69) is 9.97 Å². The van der Waals surface area contributed by atoms with E-state index in [1.54, 1.807) is 38.2 Å². The first-order valence-electron chi connectivity index (χ1n) is 5.95. The third-order valence-electron chi connectivity index (χ3n) is 2.77. The fraction of sp³-hybridized carbons (Fsp3) is 0.214. The van der Waals surface area contributed by atoms with E-state index >= 15 is 0 Å². The molecule has 104 valence electrons. The van der Waals surface area contributed by atoms with Crippen LogP contribution in [0.15, 0.2) is 30.5 Å². The molecular weight excluding hydrogens is 258 g/mol. The van der Waals surface area contributed by atoms with E-state index in [0.717, 1.165) is 11.3 Å². The number of carboxylic acid groups (broad SMARTS) is 1. The molecule has 0 atom stereocenters. The topological polar surface area (TPSA) is 75.6 Å². The monoisotopic (exact) mass is 273 g/mol. The molecule has 0 spiro atoms. The molecule has 0 saturated heterocycles. The second-order valence-electron chi connectivity index (χ2n) is 4.36. The Balaban J connectivity index is 2.47. The van der Waals surface area contributed by atoms with E-state index in [1.807, 2.05) is 12.1 Å². The summed E-state index contributed by atoms with van der Waals surface area (Å²) in [4.78, 5) is 21.2. The van der Waals surface area contributed by atoms with Crippen LogP contribution in [-0.2, 0) is 0 Å². The number of carbonyl (C=O) groups is 1. The maximum atomic E-state index is 11.1. The third-order valence-corrected chi connectivity index (χ3v) is 2.77. The van der Waals surface area contributed by atoms with Crippen LogP contribution in [0.3, 0.4) is 0 Å². The second kappa shape index (κ2) is 5.56. The van der Waals surface area contributed by atoms with Gasteiger partial charge in [0.2, 0.25) is 0 Å². The van der Waals surface area contributed by atoms with Crippen LogP contribution in [-0.4, -0.2) is 42.2 Å². The fourth-order valence-corrected chi connectivity index (χ4v) is 1.74. The summed E-state index contributed by atoms with van der Waals surface area (Å²) in [6.45, 7) is 0. The van der Waals surface area contributed by atoms with Gasteiger partial charge in [0.15, 0.2) is 5.82 Å². The van der Waals surface area contributed by atoms with Gasteiger partial charge < -0.3 is 14.7 Å². The number of carboxylic acids is 1. The summed E-state index contributed by atoms with van der Waals surface area (Å²) in [5.41, 5.74) is 0.873. The number of hydrogen-bond donors (Lipinski definition) is 1. The zero-order valence-corrected chi connectivity index (χ0v) is 11.5. The molecule has 0 bridgehead atoms. The summed E-state index contributed by atoms with van der Waals surface area (Å²) >= 11 is 0. The number of anilines is 1. The quantitative estimate of drug-likeness (QED) is 0.917. The SMILES string of the molecule is COc1ccc(-c2ncc(C(=O)O)c(N(C)C)n2)cc1. The summed E-state index contributed by atoms with van der Waals surface area (Å²) < 4.78 is 5.09. The predicted molar refractivity (Wildman–Crippen MR) is 75.3 cm³/mol. The molecule has 0 aliphatic rings. The van der Waals surface area contributed by atoms with Gasteiger partial charge >= 0.3 is 5.97 Å². The van der Waals surface area contributed by atoms with E-state index < -0.39 is 5.97 Å². The predicted octanol–water partition coefficient (Wildman–Crippen LogP) is 1.92. The molecule has 20 heavy (non-hydrogen) atoms. The lowest BCUT2D eigenvalue weighted by Gasteiger charge is -2.14. The van der Waals surface area contributed by atoms with Crippen LogP contribution in [0, 0.1) is 0 Å². The molecule has 6 heteroatoms. The Kier molecular flexibility index (Phi) is 3.84. The molecular formula is C14H15N3O3. The highest BCUT2D eigenvalue weighted by Gasteiger charge is 2.15. The number of benzene rings is 1. The van der Waals surface area contributed by atoms with Gasteiger partial charge in [0.1, 0.15) is 17.1 Å². The Labute approximate surface area is 116 Å². The average molecular weight is 273 g/mol. The minimum Gasteiger partial charge on any atom is -0.497 e. The highest BCUT2D eigenvalue weighted by Crippen LogP contribution is 2.23. The summed E-state index contributed by atoms with van der Waals surface area (Å²) in [7, 11) is 5.08. The molecule has 0 radical (unpaired) electrons. The van der Waals surface area contributed by atoms with Crippen molar-refractivity contribution in [3.63, 3.8) is 0 Å². The molecule has 1 aromatic carbocycles. The van der Waals surface area contributed by atoms with Crippen molar-refractivity contribution in [2.75, 3.05) is 26.1 Å². The number of hydrogen-bond acceptors (Lipinski definition) is 5. The molecule has 0 fully saturated rings. The highest BCUT2D eigenvalue weighted by atomic mass is 16.5. The van der Waals surface area contributed by atoms with E-state index in [1.165, 1.54) is 6.20 Å². The first-order chi connectivity index (χ1) is 9.52. The number of nitrogens with zero attached hydrogens (tertiary/aromatic N) is 3. The van der Waals surface area contributed by atoms with Gasteiger partial charge in [0.25, 0.3) is 0 Å². The van der Waals surface area contributed by atoms with Crippen LogP contribution in [0.4, 0.5) is 5.82 Å². The zero-order valence-electron chi connectivity index (χ0n) is 11.5. The van der Waals surface area contributed by atoms with Crippen molar-refractivity contribution in [2.45, 2.75) is 0 Å². The lowest BCUT2D eigenvalue weighted by Crippen LogP contribution is -2.16. The van der Waals surface area contributed by atoms with Crippen LogP contribution in [0.5, 0.6) is 5.75 Å². The van der Waals surface area contributed by atoms with Crippen molar-refractivity contribution in [1.29, 1.82) is 0 Å². The van der Waals surface area contributed by atoms with Crippen LogP contribution >= 0.6 is 0 Å². The molecule has 2 rings (SSSR count). The lowest BCUT2D eigenvalue weighted by molar-refractivity contribution is 0.0697. The Morgan fingerprint density at radius 3 is 2.40 bits per heavy atom. The number of aromatic carboxylic acids is 1. The van der Waals surface area contributed by atoms with E-state index in [9.17, 15) is 4.79 Å². The van der Waals surface area contributed by atoms with Gasteiger partial charge in [-0.1, -0.05) is 0 Å². The van der Waals surface area contributed by atoms with Crippen LogP contribution < -0.4 is 9.64 Å². The van der Waals surface area contributed by atoms with Gasteiger partial charge in [-0.2, -0.15) is 0 Å². The summed E-state index contributed by atoms with van der Waals surface area (Å²) in [6.07, 6.45) is 1.32. The molecule has 1 aromatic heterocycles. The Morgan fingerprint density at radius 1 is 1.25 bits per heavy atom. The van der Waals surface area contributed by atoms with Crippen molar-refractivity contribution in [2.24, 2.45) is 0 Å². The second-order valence-corrected chi connectivity index (χ2v) is 4.36. The summed E-state index contributed by atoms with van der Waals surface area (Å²) in [6, 6.07) is 7.26. The molecule has 0 aliphatic carbocycles. The first-order valence-corrected chi connectivity index (χ1v) is 5.95. The Bertz CT molecular complexity index is 624. The Morgan fingerprint density at radius 2 is 1.90 bits per heavy atom. The molecule has 0 saturated carbocycles. The highest BCUT2D eigenvalue weighted by molar-refractivity contribution is 5.93. The fourth-order valence-electron chi connectivity index (χ4n) is 1.74. The van der Waals surface area contributed by atoms with Gasteiger partial charge in [0, 0.05) is 25.9 Å². The van der Waals surface area contributed by atoms with Crippen molar-refractivity contribution >= 4 is 11.8 Å². The molecule has 6 nitrogen and oxygen atoms in total. The summed E-state index contributed by atoms with van der Waals surface area (Å²) in [5.74, 6) is 0.540. The number of methoxy groups -OCH3 is 1. The van der Waals surface area contributed by atoms with E-state index in [4.69, 9.17) is 9.84 Å². The van der Waals surface area contributed by atoms with Crippen LogP contribution in [0.1, 0.15) is 10.4 Å². The van der Waals surface area contributed by atoms with Crippen LogP contribution in [0.2, 0.25) is 0 Å². The minimum absolute atomic E-state index is 0.0762. The first kappa shape index (κ1) is 13.8. The number of ether oxygens (including phenoxy) is 1. The van der Waals surface area contributed by atoms with Gasteiger partial charge in [-0.3, -0.25) is 0 Å². The van der Waals surface area contributed by atoms with E-state index in [-0.39, 0.29) is 5.56 Å². The van der Waals surface area contributed by atoms with E-state index in [0.29, 0.717) is 11.6 Å². The van der Waals surface area contributed by atoms with Crippen molar-refractivity contribution in [3.8, 4) is 17.1 Å². The minimum atomic E-state index is -1.05. The van der Waals surface area contributed by atoms with Gasteiger partial charge in [0.05, 0.1) is 7.11 Å². The number of rotatable bonds is 4. The molecule has 0 unspecified atom stereocenters. The van der Waals surface area contributed by atoms with Crippen LogP contribution in [0.25, 0.3) is 11.4 Å². The normalized spacial score (nSPS) is 10.2. The molecule has 2 aromatic rings. The maximum Gasteiger partial charge on any atom is 0.341 e. The van der Waals surface area contributed by atoms with Crippen molar-refractivity contribution < 1.29 is 14.6 Å². The standard InChI is InChI=1S/C14H15N3O3/c1-17(2)13-11(14(18)19)8-15-12(16-13)9-4-6-10(20-3)7-5-9/h4-8H,1-3H3,(H,18,19). The summed E-state index contributed by atoms with van der Waals surface area (Å²) in [5, 5.41) is 9.12. The molecule has 1 heterocycles. The van der Waals surface area contributed by atoms with Gasteiger partial charge in [-0.15, -0.1) is 0 Å². The van der Waals surface area contributed by atoms with Crippen molar-refractivity contribution in [1.82, 2.24) is 9.97 Å². The van der Waals surface area contributed by atoms with Crippen molar-refractivity contribution in [3.05, 3.63) is 36.0 Å². The Hall–Kier alpha value is -2.63. The lowest BCUT2D eigenvalue weighted by atomic mass is 10.2. The zero-order chi connectivity index (χ0) is 14.7. The van der Waals surface area contributed by atoms with Gasteiger partial charge in [-0.05, 0) is 24.3 Å². The third kappa shape index (κ3) is 2.69. The number of aromatic nitrogens is 2. The maximum absolute atomic E-state index is 11.1. The molecule has 1 N–H and O–H groups in total. The van der Waals surface area contributed by atoms with Gasteiger partial charge in [-0.25, -0.2) is 14.8 Å².